The summed E-state index contributed by atoms with van der Waals surface area (Å²) < 4.78 is 0. The van der Waals surface area contributed by atoms with Crippen LogP contribution in [-0.4, -0.2) is 11.7 Å². The van der Waals surface area contributed by atoms with Crippen LogP contribution in [0.2, 0.25) is 0 Å². The molecule has 2 nitrogen and oxygen atoms in total. The average Bonchev–Trinajstić information content (AvgIpc) is 2.90. The lowest BCUT2D eigenvalue weighted by molar-refractivity contribution is 0.178. The summed E-state index contributed by atoms with van der Waals surface area (Å²) in [7, 11) is 0. The van der Waals surface area contributed by atoms with Crippen molar-refractivity contribution in [3.05, 3.63) is 44.8 Å². The molecule has 0 fully saturated rings. The van der Waals surface area contributed by atoms with Crippen molar-refractivity contribution in [1.82, 2.24) is 5.32 Å². The Labute approximate surface area is 97.2 Å². The van der Waals surface area contributed by atoms with Crippen molar-refractivity contribution in [3.8, 4) is 0 Å². The third kappa shape index (κ3) is 3.14. The van der Waals surface area contributed by atoms with Crippen LogP contribution in [0.15, 0.2) is 34.3 Å². The first-order valence-electron chi connectivity index (χ1n) is 4.79. The Kier molecular flexibility index (Phi) is 3.91. The molecule has 2 rings (SSSR count). The highest BCUT2D eigenvalue weighted by Gasteiger charge is 2.07. The predicted molar refractivity (Wildman–Crippen MR) is 65.3 cm³/mol. The quantitative estimate of drug-likeness (QED) is 0.840. The number of nitrogens with one attached hydrogen (secondary N) is 1. The van der Waals surface area contributed by atoms with E-state index in [9.17, 15) is 5.11 Å². The van der Waals surface area contributed by atoms with Crippen LogP contribution in [0.25, 0.3) is 0 Å². The molecule has 0 saturated carbocycles. The summed E-state index contributed by atoms with van der Waals surface area (Å²) in [5.74, 6) is 0. The van der Waals surface area contributed by atoms with Gasteiger partial charge in [0, 0.05) is 18.0 Å². The van der Waals surface area contributed by atoms with Crippen molar-refractivity contribution >= 4 is 22.7 Å². The number of aliphatic hydroxyl groups is 1. The highest BCUT2D eigenvalue weighted by Crippen LogP contribution is 2.17. The molecule has 2 heterocycles. The van der Waals surface area contributed by atoms with Gasteiger partial charge in [-0.25, -0.2) is 0 Å². The molecule has 0 amide bonds. The maximum absolute atomic E-state index is 9.79. The molecular weight excluding hydrogens is 226 g/mol. The van der Waals surface area contributed by atoms with Crippen LogP contribution in [0.1, 0.15) is 16.5 Å². The summed E-state index contributed by atoms with van der Waals surface area (Å²) in [6.45, 7) is 1.43. The molecule has 0 aliphatic heterocycles. The Morgan fingerprint density at radius 3 is 2.93 bits per heavy atom. The molecule has 0 bridgehead atoms. The summed E-state index contributed by atoms with van der Waals surface area (Å²) >= 11 is 3.29. The molecule has 2 N–H and O–H groups in total. The van der Waals surface area contributed by atoms with Gasteiger partial charge >= 0.3 is 0 Å². The van der Waals surface area contributed by atoms with Crippen molar-refractivity contribution in [2.45, 2.75) is 12.6 Å². The summed E-state index contributed by atoms with van der Waals surface area (Å²) in [5, 5.41) is 19.2. The fourth-order valence-corrected chi connectivity index (χ4v) is 2.71. The second-order valence-electron chi connectivity index (χ2n) is 3.29. The molecule has 2 aromatic heterocycles. The predicted octanol–water partition coefficient (Wildman–Crippen LogP) is 2.63. The first-order chi connectivity index (χ1) is 7.36. The van der Waals surface area contributed by atoms with E-state index in [1.165, 1.54) is 5.56 Å². The van der Waals surface area contributed by atoms with E-state index >= 15 is 0 Å². The lowest BCUT2D eigenvalue weighted by atomic mass is 10.3. The van der Waals surface area contributed by atoms with E-state index in [2.05, 4.69) is 22.1 Å². The van der Waals surface area contributed by atoms with Gasteiger partial charge in [-0.15, -0.1) is 11.3 Å². The van der Waals surface area contributed by atoms with Crippen molar-refractivity contribution < 1.29 is 5.11 Å². The van der Waals surface area contributed by atoms with E-state index in [1.54, 1.807) is 22.7 Å². The van der Waals surface area contributed by atoms with E-state index in [0.29, 0.717) is 6.54 Å². The SMILES string of the molecule is OC(CNCc1ccsc1)c1cccs1. The highest BCUT2D eigenvalue weighted by atomic mass is 32.1. The highest BCUT2D eigenvalue weighted by molar-refractivity contribution is 7.10. The number of hydrogen-bond acceptors (Lipinski definition) is 4. The van der Waals surface area contributed by atoms with E-state index in [1.807, 2.05) is 17.5 Å². The average molecular weight is 239 g/mol. The van der Waals surface area contributed by atoms with Crippen molar-refractivity contribution in [3.63, 3.8) is 0 Å². The van der Waals surface area contributed by atoms with Gasteiger partial charge in [0.2, 0.25) is 0 Å². The third-order valence-corrected chi connectivity index (χ3v) is 3.82. The molecule has 15 heavy (non-hydrogen) atoms. The van der Waals surface area contributed by atoms with Crippen LogP contribution in [-0.2, 0) is 6.54 Å². The Morgan fingerprint density at radius 1 is 1.33 bits per heavy atom. The van der Waals surface area contributed by atoms with Gasteiger partial charge < -0.3 is 10.4 Å². The molecule has 1 unspecified atom stereocenters. The van der Waals surface area contributed by atoms with Crippen molar-refractivity contribution in [1.29, 1.82) is 0 Å². The molecule has 0 spiro atoms. The third-order valence-electron chi connectivity index (χ3n) is 2.12. The van der Waals surface area contributed by atoms with Crippen LogP contribution >= 0.6 is 22.7 Å². The molecule has 0 radical (unpaired) electrons. The number of aliphatic hydroxyl groups excluding tert-OH is 1. The van der Waals surface area contributed by atoms with Gasteiger partial charge in [0.25, 0.3) is 0 Å². The van der Waals surface area contributed by atoms with Crippen LogP contribution < -0.4 is 5.32 Å². The zero-order valence-electron chi connectivity index (χ0n) is 8.22. The topological polar surface area (TPSA) is 32.3 Å². The Balaban J connectivity index is 1.74. The van der Waals surface area contributed by atoms with Gasteiger partial charge in [0.05, 0.1) is 0 Å². The van der Waals surface area contributed by atoms with Crippen LogP contribution in [0.3, 0.4) is 0 Å². The fraction of sp³-hybridized carbons (Fsp3) is 0.273. The molecule has 1 atom stereocenters. The standard InChI is InChI=1S/C11H13NOS2/c13-10(11-2-1-4-15-11)7-12-6-9-3-5-14-8-9/h1-5,8,10,12-13H,6-7H2. The number of hydrogen-bond donors (Lipinski definition) is 2. The van der Waals surface area contributed by atoms with E-state index in [0.717, 1.165) is 11.4 Å². The number of rotatable bonds is 5. The minimum Gasteiger partial charge on any atom is -0.386 e. The summed E-state index contributed by atoms with van der Waals surface area (Å²) in [4.78, 5) is 1.02. The van der Waals surface area contributed by atoms with Gasteiger partial charge in [0.15, 0.2) is 0 Å². The fourth-order valence-electron chi connectivity index (χ4n) is 1.33. The molecule has 80 valence electrons. The second-order valence-corrected chi connectivity index (χ2v) is 5.05. The smallest absolute Gasteiger partial charge is 0.101 e. The van der Waals surface area contributed by atoms with E-state index in [-0.39, 0.29) is 6.10 Å². The Bertz CT molecular complexity index is 369. The normalized spacial score (nSPS) is 12.9. The molecule has 0 aromatic carbocycles. The number of thiophene rings is 2. The molecule has 4 heteroatoms. The Morgan fingerprint density at radius 2 is 2.27 bits per heavy atom. The Hall–Kier alpha value is -0.680. The van der Waals surface area contributed by atoms with Crippen LogP contribution in [0.4, 0.5) is 0 Å². The van der Waals surface area contributed by atoms with Gasteiger partial charge in [0.1, 0.15) is 6.10 Å². The van der Waals surface area contributed by atoms with Gasteiger partial charge in [-0.2, -0.15) is 11.3 Å². The van der Waals surface area contributed by atoms with E-state index in [4.69, 9.17) is 0 Å². The maximum Gasteiger partial charge on any atom is 0.101 e. The summed E-state index contributed by atoms with van der Waals surface area (Å²) in [5.41, 5.74) is 1.28. The molecule has 2 aromatic rings. The van der Waals surface area contributed by atoms with Gasteiger partial charge in [-0.05, 0) is 33.8 Å². The monoisotopic (exact) mass is 239 g/mol. The van der Waals surface area contributed by atoms with Crippen LogP contribution in [0.5, 0.6) is 0 Å². The minimum absolute atomic E-state index is 0.386. The summed E-state index contributed by atoms with van der Waals surface area (Å²) in [6.07, 6.45) is -0.386. The first kappa shape index (κ1) is 10.8. The zero-order chi connectivity index (χ0) is 10.5. The summed E-state index contributed by atoms with van der Waals surface area (Å²) in [6, 6.07) is 6.01. The van der Waals surface area contributed by atoms with E-state index < -0.39 is 0 Å². The van der Waals surface area contributed by atoms with Crippen LogP contribution in [0, 0.1) is 0 Å². The van der Waals surface area contributed by atoms with Gasteiger partial charge in [-0.3, -0.25) is 0 Å². The lowest BCUT2D eigenvalue weighted by Crippen LogP contribution is -2.20. The van der Waals surface area contributed by atoms with Crippen molar-refractivity contribution in [2.24, 2.45) is 0 Å². The largest absolute Gasteiger partial charge is 0.386 e. The molecule has 0 aliphatic rings. The minimum atomic E-state index is -0.386. The maximum atomic E-state index is 9.79. The molecule has 0 aliphatic carbocycles. The van der Waals surface area contributed by atoms with Gasteiger partial charge in [-0.1, -0.05) is 6.07 Å². The zero-order valence-corrected chi connectivity index (χ0v) is 9.85. The molecular formula is C11H13NOS2. The van der Waals surface area contributed by atoms with Crippen molar-refractivity contribution in [2.75, 3.05) is 6.54 Å². The lowest BCUT2D eigenvalue weighted by Gasteiger charge is -2.09. The molecule has 0 saturated heterocycles. The first-order valence-corrected chi connectivity index (χ1v) is 6.62. The second kappa shape index (κ2) is 5.42.